The van der Waals surface area contributed by atoms with Gasteiger partial charge in [0.25, 0.3) is 0 Å². The number of rotatable bonds is 6. The third-order valence-electron chi connectivity index (χ3n) is 1.37. The molecule has 0 aromatic heterocycles. The van der Waals surface area contributed by atoms with E-state index in [9.17, 15) is 9.59 Å². The summed E-state index contributed by atoms with van der Waals surface area (Å²) < 4.78 is 10.4. The predicted molar refractivity (Wildman–Crippen MR) is 68.5 cm³/mol. The Hall–Kier alpha value is -0.201. The van der Waals surface area contributed by atoms with Gasteiger partial charge in [-0.2, -0.15) is 0 Å². The molecule has 0 aliphatic rings. The number of carbonyl (C=O) groups excluding carboxylic acids is 2. The molecule has 0 heterocycles. The molecule has 0 fully saturated rings. The number of hydrogen-bond acceptors (Lipinski definition) is 4. The van der Waals surface area contributed by atoms with Crippen molar-refractivity contribution < 1.29 is 15.7 Å². The Bertz CT molecular complexity index is 341. The molecule has 17 heavy (non-hydrogen) atoms. The number of carbonyl (C=O) groups is 2. The quantitative estimate of drug-likeness (QED) is 0.399. The summed E-state index contributed by atoms with van der Waals surface area (Å²) >= 11 is -4.22. The molecular weight excluding hydrogens is 374 g/mol. The molecule has 0 atom stereocenters. The van der Waals surface area contributed by atoms with Crippen LogP contribution in [0.15, 0.2) is 23.7 Å². The normalized spacial score (nSPS) is 13.3. The first kappa shape index (κ1) is 16.8. The summed E-state index contributed by atoms with van der Waals surface area (Å²) in [5, 5.41) is 0. The van der Waals surface area contributed by atoms with Crippen molar-refractivity contribution in [2.45, 2.75) is 27.7 Å². The molecule has 7 heteroatoms. The van der Waals surface area contributed by atoms with Crippen LogP contribution in [0, 0.1) is 0 Å². The van der Waals surface area contributed by atoms with Crippen LogP contribution < -0.4 is 0 Å². The molecule has 96 valence electrons. The SMILES string of the molecule is CC(=O)/C=C(/C)[O][Sn]([Cl])([Cl])[O]/C(C)=C/C(C)=O. The molecule has 0 spiro atoms. The van der Waals surface area contributed by atoms with Crippen molar-refractivity contribution in [3.8, 4) is 0 Å². The molecule has 0 aromatic carbocycles. The van der Waals surface area contributed by atoms with Gasteiger partial charge < -0.3 is 0 Å². The first-order valence-corrected chi connectivity index (χ1v) is 14.3. The molecule has 0 aromatic rings. The molecule has 4 nitrogen and oxygen atoms in total. The van der Waals surface area contributed by atoms with Gasteiger partial charge in [-0.1, -0.05) is 0 Å². The van der Waals surface area contributed by atoms with E-state index in [0.29, 0.717) is 11.5 Å². The second-order valence-electron chi connectivity index (χ2n) is 3.40. The Labute approximate surface area is 113 Å². The van der Waals surface area contributed by atoms with Crippen LogP contribution in [0.4, 0.5) is 0 Å². The third-order valence-corrected chi connectivity index (χ3v) is 6.64. The summed E-state index contributed by atoms with van der Waals surface area (Å²) in [4.78, 5) is 21.6. The van der Waals surface area contributed by atoms with E-state index in [4.69, 9.17) is 24.0 Å². The molecule has 0 aliphatic carbocycles. The Morgan fingerprint density at radius 2 is 1.18 bits per heavy atom. The zero-order valence-corrected chi connectivity index (χ0v) is 14.4. The summed E-state index contributed by atoms with van der Waals surface area (Å²) in [6, 6.07) is 0. The zero-order chi connectivity index (χ0) is 13.6. The van der Waals surface area contributed by atoms with E-state index < -0.39 is 17.0 Å². The van der Waals surface area contributed by atoms with Crippen molar-refractivity contribution in [1.29, 1.82) is 0 Å². The summed E-state index contributed by atoms with van der Waals surface area (Å²) in [5.74, 6) is 0.255. The topological polar surface area (TPSA) is 52.6 Å². The molecule has 0 bridgehead atoms. The molecule has 0 N–H and O–H groups in total. The second-order valence-corrected chi connectivity index (χ2v) is 15.2. The fourth-order valence-electron chi connectivity index (χ4n) is 1.03. The second kappa shape index (κ2) is 7.28. The van der Waals surface area contributed by atoms with Crippen molar-refractivity contribution in [1.82, 2.24) is 0 Å². The van der Waals surface area contributed by atoms with Gasteiger partial charge in [-0.15, -0.1) is 0 Å². The van der Waals surface area contributed by atoms with Crippen LogP contribution in [0.5, 0.6) is 0 Å². The van der Waals surface area contributed by atoms with Gasteiger partial charge in [-0.3, -0.25) is 0 Å². The van der Waals surface area contributed by atoms with Gasteiger partial charge in [-0.05, 0) is 0 Å². The monoisotopic (exact) mass is 388 g/mol. The van der Waals surface area contributed by atoms with Crippen LogP contribution in [0.3, 0.4) is 0 Å². The summed E-state index contributed by atoms with van der Waals surface area (Å²) in [5.41, 5.74) is 0. The van der Waals surface area contributed by atoms with E-state index in [1.807, 2.05) is 0 Å². The standard InChI is InChI=1S/2C5H8O2.2ClH.Sn/c2*1-4(6)3-5(2)7;;;/h2*3,6H,1-2H3;2*1H;/q;;;;+4/p-4/b4-3+;4-3-;;;. The van der Waals surface area contributed by atoms with E-state index in [1.54, 1.807) is 13.8 Å². The van der Waals surface area contributed by atoms with Crippen molar-refractivity contribution in [3.05, 3.63) is 23.7 Å². The molecule has 0 amide bonds. The first-order chi connectivity index (χ1) is 7.62. The molecule has 0 radical (unpaired) electrons. The third kappa shape index (κ3) is 9.50. The van der Waals surface area contributed by atoms with E-state index >= 15 is 0 Å². The van der Waals surface area contributed by atoms with Crippen LogP contribution in [0.1, 0.15) is 27.7 Å². The summed E-state index contributed by atoms with van der Waals surface area (Å²) in [6.07, 6.45) is 2.54. The van der Waals surface area contributed by atoms with Crippen LogP contribution in [0.2, 0.25) is 0 Å². The van der Waals surface area contributed by atoms with Gasteiger partial charge in [0, 0.05) is 0 Å². The van der Waals surface area contributed by atoms with Crippen molar-refractivity contribution in [3.63, 3.8) is 0 Å². The first-order valence-electron chi connectivity index (χ1n) is 4.76. The average molecular weight is 388 g/mol. The maximum atomic E-state index is 10.8. The molecular formula is C10H14Cl2O4Sn. The van der Waals surface area contributed by atoms with E-state index in [0.717, 1.165) is 0 Å². The zero-order valence-electron chi connectivity index (χ0n) is 10.0. The molecule has 0 unspecified atom stereocenters. The van der Waals surface area contributed by atoms with Gasteiger partial charge in [-0.25, -0.2) is 0 Å². The number of allylic oxidation sites excluding steroid dienone is 4. The minimum atomic E-state index is -4.22. The Morgan fingerprint density at radius 3 is 1.41 bits per heavy atom. The van der Waals surface area contributed by atoms with Gasteiger partial charge >= 0.3 is 113 Å². The number of hydrogen-bond donors (Lipinski definition) is 0. The molecule has 0 rings (SSSR count). The fourth-order valence-corrected chi connectivity index (χ4v) is 6.89. The van der Waals surface area contributed by atoms with Crippen molar-refractivity contribution >= 4 is 46.4 Å². The van der Waals surface area contributed by atoms with Crippen LogP contribution >= 0.6 is 17.8 Å². The van der Waals surface area contributed by atoms with E-state index in [2.05, 4.69) is 0 Å². The van der Waals surface area contributed by atoms with E-state index in [-0.39, 0.29) is 11.6 Å². The molecule has 0 saturated carbocycles. The van der Waals surface area contributed by atoms with Gasteiger partial charge in [0.1, 0.15) is 0 Å². The number of halogens is 2. The summed E-state index contributed by atoms with van der Waals surface area (Å²) in [6.45, 7) is 5.89. The average Bonchev–Trinajstić information content (AvgIpc) is 1.95. The van der Waals surface area contributed by atoms with Crippen LogP contribution in [-0.4, -0.2) is 28.5 Å². The molecule has 0 saturated heterocycles. The van der Waals surface area contributed by atoms with Gasteiger partial charge in [0.2, 0.25) is 0 Å². The fraction of sp³-hybridized carbons (Fsp3) is 0.400. The van der Waals surface area contributed by atoms with Crippen LogP contribution in [-0.2, 0) is 15.7 Å². The Balaban J connectivity index is 4.59. The maximum absolute atomic E-state index is 10.8. The van der Waals surface area contributed by atoms with Gasteiger partial charge in [0.05, 0.1) is 0 Å². The van der Waals surface area contributed by atoms with Gasteiger partial charge in [0.15, 0.2) is 0 Å². The number of ketones is 2. The summed E-state index contributed by atoms with van der Waals surface area (Å²) in [7, 11) is 11.8. The predicted octanol–water partition coefficient (Wildman–Crippen LogP) is 2.92. The Kier molecular flexibility index (Phi) is 7.20. The molecule has 0 aliphatic heterocycles. The Morgan fingerprint density at radius 1 is 0.882 bits per heavy atom. The minimum absolute atomic E-state index is 0.172. The van der Waals surface area contributed by atoms with Crippen LogP contribution in [0.25, 0.3) is 0 Å². The van der Waals surface area contributed by atoms with Crippen molar-refractivity contribution in [2.24, 2.45) is 0 Å². The van der Waals surface area contributed by atoms with Crippen molar-refractivity contribution in [2.75, 3.05) is 0 Å². The van der Waals surface area contributed by atoms with E-state index in [1.165, 1.54) is 26.0 Å².